The van der Waals surface area contributed by atoms with Gasteiger partial charge >= 0.3 is 0 Å². The van der Waals surface area contributed by atoms with E-state index in [4.69, 9.17) is 0 Å². The minimum absolute atomic E-state index is 0.143. The fourth-order valence-electron chi connectivity index (χ4n) is 3.76. The van der Waals surface area contributed by atoms with Gasteiger partial charge in [-0.2, -0.15) is 0 Å². The lowest BCUT2D eigenvalue weighted by atomic mass is 9.99. The maximum atomic E-state index is 14.2. The molecule has 3 aromatic rings. The Kier molecular flexibility index (Phi) is 7.06. The van der Waals surface area contributed by atoms with Gasteiger partial charge < -0.3 is 15.6 Å². The summed E-state index contributed by atoms with van der Waals surface area (Å²) in [4.78, 5) is 3.44. The van der Waals surface area contributed by atoms with E-state index in [1.807, 2.05) is 20.0 Å². The number of benzene rings is 2. The van der Waals surface area contributed by atoms with Crippen LogP contribution in [0.15, 0.2) is 61.3 Å². The van der Waals surface area contributed by atoms with E-state index in [1.165, 1.54) is 18.2 Å². The van der Waals surface area contributed by atoms with Crippen molar-refractivity contribution < 1.29 is 8.78 Å². The molecule has 0 saturated heterocycles. The highest BCUT2D eigenvalue weighted by molar-refractivity contribution is 5.92. The predicted octanol–water partition coefficient (Wildman–Crippen LogP) is 5.62. The van der Waals surface area contributed by atoms with Crippen molar-refractivity contribution in [2.24, 2.45) is 0 Å². The van der Waals surface area contributed by atoms with E-state index in [0.29, 0.717) is 12.8 Å². The van der Waals surface area contributed by atoms with E-state index in [9.17, 15) is 8.78 Å². The maximum absolute atomic E-state index is 14.2. The average Bonchev–Trinajstić information content (AvgIpc) is 3.08. The largest absolute Gasteiger partial charge is 0.383 e. The van der Waals surface area contributed by atoms with Crippen molar-refractivity contribution >= 4 is 10.9 Å². The lowest BCUT2D eigenvalue weighted by Crippen LogP contribution is -2.29. The molecular formula is C25H29F2N3. The number of allylic oxidation sites excluding steroid dienone is 1. The molecule has 0 aliphatic rings. The summed E-state index contributed by atoms with van der Waals surface area (Å²) in [5, 5.41) is 7.41. The van der Waals surface area contributed by atoms with Gasteiger partial charge in [-0.1, -0.05) is 12.7 Å². The quantitative estimate of drug-likeness (QED) is 0.380. The van der Waals surface area contributed by atoms with Crippen LogP contribution in [0.2, 0.25) is 0 Å². The monoisotopic (exact) mass is 409 g/mol. The number of halogens is 2. The van der Waals surface area contributed by atoms with Crippen LogP contribution in [0.4, 0.5) is 8.78 Å². The summed E-state index contributed by atoms with van der Waals surface area (Å²) in [6, 6.07) is 9.60. The fourth-order valence-corrected chi connectivity index (χ4v) is 3.76. The molecule has 0 saturated carbocycles. The van der Waals surface area contributed by atoms with Crippen molar-refractivity contribution in [3.63, 3.8) is 0 Å². The van der Waals surface area contributed by atoms with E-state index >= 15 is 0 Å². The van der Waals surface area contributed by atoms with Gasteiger partial charge in [-0.3, -0.25) is 0 Å². The zero-order chi connectivity index (χ0) is 21.7. The Hall–Kier alpha value is -2.92. The highest BCUT2D eigenvalue weighted by atomic mass is 19.1. The molecule has 3 N–H and O–H groups in total. The summed E-state index contributed by atoms with van der Waals surface area (Å²) in [7, 11) is 1.92. The molecule has 1 unspecified atom stereocenters. The highest BCUT2D eigenvalue weighted by Crippen LogP contribution is 2.34. The van der Waals surface area contributed by atoms with Crippen molar-refractivity contribution in [1.82, 2.24) is 15.6 Å². The molecule has 30 heavy (non-hydrogen) atoms. The molecule has 3 rings (SSSR count). The third-order valence-electron chi connectivity index (χ3n) is 5.37. The highest BCUT2D eigenvalue weighted by Gasteiger charge is 2.16. The lowest BCUT2D eigenvalue weighted by Gasteiger charge is -2.18. The van der Waals surface area contributed by atoms with Crippen molar-refractivity contribution in [1.29, 1.82) is 0 Å². The number of rotatable bonds is 10. The Labute approximate surface area is 176 Å². The van der Waals surface area contributed by atoms with Gasteiger partial charge in [-0.15, -0.1) is 6.58 Å². The summed E-state index contributed by atoms with van der Waals surface area (Å²) < 4.78 is 27.6. The number of aryl methyl sites for hydroxylation is 2. The molecule has 3 nitrogen and oxygen atoms in total. The Balaban J connectivity index is 1.89. The van der Waals surface area contributed by atoms with Crippen LogP contribution in [0.3, 0.4) is 0 Å². The molecule has 0 bridgehead atoms. The van der Waals surface area contributed by atoms with Gasteiger partial charge in [0, 0.05) is 28.3 Å². The zero-order valence-corrected chi connectivity index (χ0v) is 17.6. The minimum Gasteiger partial charge on any atom is -0.383 e. The molecular weight excluding hydrogens is 380 g/mol. The maximum Gasteiger partial charge on any atom is 0.124 e. The van der Waals surface area contributed by atoms with E-state index in [-0.39, 0.29) is 17.7 Å². The van der Waals surface area contributed by atoms with Crippen LogP contribution in [-0.2, 0) is 6.42 Å². The first kappa shape index (κ1) is 21.8. The van der Waals surface area contributed by atoms with Crippen LogP contribution < -0.4 is 10.6 Å². The van der Waals surface area contributed by atoms with Crippen molar-refractivity contribution in [3.8, 4) is 11.3 Å². The minimum atomic E-state index is -0.284. The van der Waals surface area contributed by atoms with Crippen molar-refractivity contribution in [3.05, 3.63) is 84.1 Å². The normalized spacial score (nSPS) is 12.1. The van der Waals surface area contributed by atoms with Crippen LogP contribution in [0.1, 0.15) is 24.0 Å². The van der Waals surface area contributed by atoms with E-state index in [1.54, 1.807) is 18.2 Å². The number of H-pyrrole nitrogens is 1. The van der Waals surface area contributed by atoms with E-state index < -0.39 is 0 Å². The molecule has 0 amide bonds. The first-order chi connectivity index (χ1) is 14.4. The molecule has 1 atom stereocenters. The van der Waals surface area contributed by atoms with E-state index in [0.717, 1.165) is 51.9 Å². The summed E-state index contributed by atoms with van der Waals surface area (Å²) in [5.41, 5.74) is 5.43. The molecule has 5 heteroatoms. The molecule has 2 aromatic carbocycles. The number of nitrogens with one attached hydrogen (secondary N) is 3. The van der Waals surface area contributed by atoms with Gasteiger partial charge in [0.05, 0.1) is 0 Å². The topological polar surface area (TPSA) is 39.8 Å². The van der Waals surface area contributed by atoms with Crippen LogP contribution in [0.5, 0.6) is 0 Å². The molecule has 0 spiro atoms. The van der Waals surface area contributed by atoms with Gasteiger partial charge in [0.1, 0.15) is 11.6 Å². The fraction of sp³-hybridized carbons (Fsp3) is 0.280. The first-order valence-electron chi connectivity index (χ1n) is 10.2. The smallest absolute Gasteiger partial charge is 0.124 e. The molecule has 0 aliphatic carbocycles. The second-order valence-electron chi connectivity index (χ2n) is 7.61. The van der Waals surface area contributed by atoms with Crippen LogP contribution in [-0.4, -0.2) is 24.6 Å². The van der Waals surface area contributed by atoms with Gasteiger partial charge in [-0.05, 0) is 92.9 Å². The molecule has 1 aromatic heterocycles. The molecule has 158 valence electrons. The van der Waals surface area contributed by atoms with Gasteiger partial charge in [0.2, 0.25) is 0 Å². The standard InChI is InChI=1S/C25H29F2N3/c1-5-21(12-13-28-4)29-17(3)6-11-22-23-15-20(27)14-16(2)24(23)30-25(22)18-7-9-19(26)10-8-18/h5,7-10,14-15,21,28-30H,1,3,6,11-13H2,2,4H3. The van der Waals surface area contributed by atoms with E-state index in [2.05, 4.69) is 28.8 Å². The molecule has 0 fully saturated rings. The van der Waals surface area contributed by atoms with Crippen LogP contribution in [0, 0.1) is 18.6 Å². The average molecular weight is 410 g/mol. The number of aromatic nitrogens is 1. The van der Waals surface area contributed by atoms with Gasteiger partial charge in [-0.25, -0.2) is 8.78 Å². The lowest BCUT2D eigenvalue weighted by molar-refractivity contribution is 0.580. The summed E-state index contributed by atoms with van der Waals surface area (Å²) in [6.07, 6.45) is 4.17. The number of fused-ring (bicyclic) bond motifs is 1. The van der Waals surface area contributed by atoms with Crippen molar-refractivity contribution in [2.75, 3.05) is 13.6 Å². The predicted molar refractivity (Wildman–Crippen MR) is 122 cm³/mol. The number of hydrogen-bond acceptors (Lipinski definition) is 2. The third-order valence-corrected chi connectivity index (χ3v) is 5.37. The van der Waals surface area contributed by atoms with Crippen LogP contribution in [0.25, 0.3) is 22.2 Å². The number of hydrogen-bond donors (Lipinski definition) is 3. The first-order valence-corrected chi connectivity index (χ1v) is 10.2. The van der Waals surface area contributed by atoms with Crippen molar-refractivity contribution in [2.45, 2.75) is 32.2 Å². The summed E-state index contributed by atoms with van der Waals surface area (Å²) in [5.74, 6) is -0.546. The SMILES string of the molecule is C=CC(CCNC)NC(=C)CCc1c(-c2ccc(F)cc2)[nH]c2c(C)cc(F)cc12. The Bertz CT molecular complexity index is 1030. The number of aromatic amines is 1. The van der Waals surface area contributed by atoms with Crippen LogP contribution >= 0.6 is 0 Å². The summed E-state index contributed by atoms with van der Waals surface area (Å²) in [6.45, 7) is 10.8. The Morgan fingerprint density at radius 2 is 1.90 bits per heavy atom. The Morgan fingerprint density at radius 3 is 2.57 bits per heavy atom. The molecule has 1 heterocycles. The zero-order valence-electron chi connectivity index (χ0n) is 17.6. The summed E-state index contributed by atoms with van der Waals surface area (Å²) >= 11 is 0. The molecule has 0 aliphatic heterocycles. The van der Waals surface area contributed by atoms with Gasteiger partial charge in [0.15, 0.2) is 0 Å². The van der Waals surface area contributed by atoms with Gasteiger partial charge in [0.25, 0.3) is 0 Å². The third kappa shape index (κ3) is 4.97. The second-order valence-corrected chi connectivity index (χ2v) is 7.61. The second kappa shape index (κ2) is 9.72. The Morgan fingerprint density at radius 1 is 1.17 bits per heavy atom. The molecule has 0 radical (unpaired) electrons.